The summed E-state index contributed by atoms with van der Waals surface area (Å²) < 4.78 is 5.77. The average molecular weight is 251 g/mol. The molecule has 104 valence electrons. The zero-order valence-corrected chi connectivity index (χ0v) is 11.5. The van der Waals surface area contributed by atoms with Crippen molar-refractivity contribution in [2.45, 2.75) is 53.7 Å². The Morgan fingerprint density at radius 1 is 1.06 bits per heavy atom. The number of rotatable bonds is 6. The molecule has 0 aromatic heterocycles. The molecule has 0 radical (unpaired) electrons. The number of nitrogens with two attached hydrogens (primary N) is 1. The summed E-state index contributed by atoms with van der Waals surface area (Å²) >= 11 is 0. The van der Waals surface area contributed by atoms with Crippen LogP contribution >= 0.6 is 0 Å². The smallest absolute Gasteiger partial charge is 0.0717 e. The van der Waals surface area contributed by atoms with Gasteiger partial charge in [0.2, 0.25) is 0 Å². The molecular formula is C16H29NO. The molecule has 1 aromatic carbocycles. The number of hydrogen-bond acceptors (Lipinski definition) is 2. The topological polar surface area (TPSA) is 35.2 Å². The fourth-order valence-electron chi connectivity index (χ4n) is 2.30. The van der Waals surface area contributed by atoms with Crippen molar-refractivity contribution in [2.24, 2.45) is 11.1 Å². The second-order valence-corrected chi connectivity index (χ2v) is 6.31. The standard InChI is InChI=1S/C15H25NO.CH4/c1-14(2,11-15(3,4)16)12-17-10-13-8-6-5-7-9-13;/h5-9H,10-12,16H2,1-4H3;1H4. The van der Waals surface area contributed by atoms with Gasteiger partial charge in [-0.05, 0) is 31.2 Å². The number of benzene rings is 1. The third-order valence-electron chi connectivity index (χ3n) is 2.54. The molecule has 2 heteroatoms. The van der Waals surface area contributed by atoms with E-state index in [0.29, 0.717) is 6.61 Å². The van der Waals surface area contributed by atoms with E-state index in [4.69, 9.17) is 10.5 Å². The first kappa shape index (κ1) is 17.1. The predicted octanol–water partition coefficient (Wildman–Crippen LogP) is 3.99. The lowest BCUT2D eigenvalue weighted by Gasteiger charge is -2.32. The minimum absolute atomic E-state index is 0. The van der Waals surface area contributed by atoms with Crippen LogP contribution in [0.5, 0.6) is 0 Å². The van der Waals surface area contributed by atoms with Crippen LogP contribution in [-0.2, 0) is 11.3 Å². The Balaban J connectivity index is 0.00000289. The fraction of sp³-hybridized carbons (Fsp3) is 0.625. The third-order valence-corrected chi connectivity index (χ3v) is 2.54. The molecule has 1 rings (SSSR count). The summed E-state index contributed by atoms with van der Waals surface area (Å²) in [5.74, 6) is 0. The third kappa shape index (κ3) is 7.46. The molecule has 0 atom stereocenters. The van der Waals surface area contributed by atoms with Gasteiger partial charge in [0.15, 0.2) is 0 Å². The first-order chi connectivity index (χ1) is 7.79. The van der Waals surface area contributed by atoms with E-state index in [9.17, 15) is 0 Å². The van der Waals surface area contributed by atoms with E-state index < -0.39 is 0 Å². The van der Waals surface area contributed by atoms with Crippen molar-refractivity contribution in [2.75, 3.05) is 6.61 Å². The second kappa shape index (κ2) is 6.91. The van der Waals surface area contributed by atoms with Gasteiger partial charge >= 0.3 is 0 Å². The van der Waals surface area contributed by atoms with Crippen molar-refractivity contribution in [1.29, 1.82) is 0 Å². The summed E-state index contributed by atoms with van der Waals surface area (Å²) in [7, 11) is 0. The highest BCUT2D eigenvalue weighted by Gasteiger charge is 2.25. The van der Waals surface area contributed by atoms with Gasteiger partial charge in [-0.2, -0.15) is 0 Å². The van der Waals surface area contributed by atoms with Crippen LogP contribution in [0, 0.1) is 5.41 Å². The molecule has 2 nitrogen and oxygen atoms in total. The lowest BCUT2D eigenvalue weighted by atomic mass is 9.81. The van der Waals surface area contributed by atoms with Crippen LogP contribution < -0.4 is 5.73 Å². The van der Waals surface area contributed by atoms with Gasteiger partial charge in [0.1, 0.15) is 0 Å². The van der Waals surface area contributed by atoms with Crippen molar-refractivity contribution in [1.82, 2.24) is 0 Å². The minimum atomic E-state index is -0.139. The van der Waals surface area contributed by atoms with Crippen LogP contribution in [0.25, 0.3) is 0 Å². The zero-order valence-electron chi connectivity index (χ0n) is 11.5. The van der Waals surface area contributed by atoms with Crippen molar-refractivity contribution in [3.63, 3.8) is 0 Å². The monoisotopic (exact) mass is 251 g/mol. The summed E-state index contributed by atoms with van der Waals surface area (Å²) in [5.41, 5.74) is 7.25. The molecule has 0 saturated heterocycles. The Kier molecular flexibility index (Phi) is 6.58. The molecule has 0 aliphatic heterocycles. The average Bonchev–Trinajstić information content (AvgIpc) is 2.15. The van der Waals surface area contributed by atoms with E-state index in [2.05, 4.69) is 39.8 Å². The molecular weight excluding hydrogens is 222 g/mol. The van der Waals surface area contributed by atoms with Crippen LogP contribution in [0.1, 0.15) is 47.1 Å². The summed E-state index contributed by atoms with van der Waals surface area (Å²) in [6.07, 6.45) is 0.953. The van der Waals surface area contributed by atoms with Gasteiger partial charge in [-0.1, -0.05) is 51.6 Å². The summed E-state index contributed by atoms with van der Waals surface area (Å²) in [6, 6.07) is 10.3. The van der Waals surface area contributed by atoms with Crippen molar-refractivity contribution in [3.8, 4) is 0 Å². The van der Waals surface area contributed by atoms with E-state index >= 15 is 0 Å². The quantitative estimate of drug-likeness (QED) is 0.829. The largest absolute Gasteiger partial charge is 0.376 e. The van der Waals surface area contributed by atoms with Gasteiger partial charge in [-0.15, -0.1) is 0 Å². The highest BCUT2D eigenvalue weighted by atomic mass is 16.5. The maximum Gasteiger partial charge on any atom is 0.0717 e. The van der Waals surface area contributed by atoms with E-state index in [0.717, 1.165) is 13.0 Å². The molecule has 0 bridgehead atoms. The summed E-state index contributed by atoms with van der Waals surface area (Å²) in [4.78, 5) is 0. The minimum Gasteiger partial charge on any atom is -0.376 e. The van der Waals surface area contributed by atoms with Gasteiger partial charge < -0.3 is 10.5 Å². The Morgan fingerprint density at radius 3 is 2.11 bits per heavy atom. The zero-order chi connectivity index (χ0) is 12.9. The highest BCUT2D eigenvalue weighted by molar-refractivity contribution is 5.13. The van der Waals surface area contributed by atoms with Gasteiger partial charge in [0, 0.05) is 5.54 Å². The van der Waals surface area contributed by atoms with E-state index in [1.807, 2.05) is 18.2 Å². The molecule has 0 heterocycles. The van der Waals surface area contributed by atoms with Crippen molar-refractivity contribution in [3.05, 3.63) is 35.9 Å². The SMILES string of the molecule is C.CC(C)(N)CC(C)(C)COCc1ccccc1. The molecule has 0 fully saturated rings. The molecule has 0 amide bonds. The maximum atomic E-state index is 6.05. The van der Waals surface area contributed by atoms with Crippen molar-refractivity contribution < 1.29 is 4.74 Å². The lowest BCUT2D eigenvalue weighted by Crippen LogP contribution is -2.39. The first-order valence-corrected chi connectivity index (χ1v) is 6.19. The van der Waals surface area contributed by atoms with Gasteiger partial charge in [0.05, 0.1) is 13.2 Å². The lowest BCUT2D eigenvalue weighted by molar-refractivity contribution is 0.0381. The molecule has 1 aromatic rings. The first-order valence-electron chi connectivity index (χ1n) is 6.19. The molecule has 0 spiro atoms. The molecule has 18 heavy (non-hydrogen) atoms. The van der Waals surface area contributed by atoms with Crippen LogP contribution in [0.2, 0.25) is 0 Å². The van der Waals surface area contributed by atoms with E-state index in [1.165, 1.54) is 5.56 Å². The summed E-state index contributed by atoms with van der Waals surface area (Å²) in [5, 5.41) is 0. The molecule has 0 aliphatic rings. The molecule has 0 aliphatic carbocycles. The number of hydrogen-bond donors (Lipinski definition) is 1. The molecule has 2 N–H and O–H groups in total. The Morgan fingerprint density at radius 2 is 1.61 bits per heavy atom. The van der Waals surface area contributed by atoms with Gasteiger partial charge in [0.25, 0.3) is 0 Å². The molecule has 0 unspecified atom stereocenters. The van der Waals surface area contributed by atoms with Crippen LogP contribution in [-0.4, -0.2) is 12.1 Å². The van der Waals surface area contributed by atoms with Crippen LogP contribution in [0.4, 0.5) is 0 Å². The van der Waals surface area contributed by atoms with Crippen LogP contribution in [0.15, 0.2) is 30.3 Å². The highest BCUT2D eigenvalue weighted by Crippen LogP contribution is 2.27. The Hall–Kier alpha value is -0.860. The van der Waals surface area contributed by atoms with E-state index in [1.54, 1.807) is 0 Å². The van der Waals surface area contributed by atoms with Gasteiger partial charge in [-0.3, -0.25) is 0 Å². The van der Waals surface area contributed by atoms with Gasteiger partial charge in [-0.25, -0.2) is 0 Å². The summed E-state index contributed by atoms with van der Waals surface area (Å²) in [6.45, 7) is 9.94. The fourth-order valence-corrected chi connectivity index (χ4v) is 2.30. The molecule has 0 saturated carbocycles. The second-order valence-electron chi connectivity index (χ2n) is 6.31. The normalized spacial score (nSPS) is 12.1. The van der Waals surface area contributed by atoms with Crippen molar-refractivity contribution >= 4 is 0 Å². The maximum absolute atomic E-state index is 6.05. The van der Waals surface area contributed by atoms with E-state index in [-0.39, 0.29) is 18.4 Å². The predicted molar refractivity (Wildman–Crippen MR) is 79.5 cm³/mol. The Bertz CT molecular complexity index is 325. The van der Waals surface area contributed by atoms with Crippen LogP contribution in [0.3, 0.4) is 0 Å². The number of ether oxygens (including phenoxy) is 1. The Labute approximate surface area is 113 Å².